The Morgan fingerprint density at radius 1 is 1.24 bits per heavy atom. The number of ether oxygens (including phenoxy) is 2. The predicted octanol–water partition coefficient (Wildman–Crippen LogP) is 2.07. The Kier molecular flexibility index (Phi) is 4.66. The van der Waals surface area contributed by atoms with Gasteiger partial charge in [-0.1, -0.05) is 19.9 Å². The number of hydrogen-bond donors (Lipinski definition) is 1. The summed E-state index contributed by atoms with van der Waals surface area (Å²) < 4.78 is 11.2. The first-order valence-electron chi connectivity index (χ1n) is 8.07. The second-order valence-corrected chi connectivity index (χ2v) is 6.34. The minimum Gasteiger partial charge on any atom is -0.486 e. The SMILES string of the molecule is CC(C)NC1CCN(CCc2ccc3c(c2)OCCO3)C1. The highest BCUT2D eigenvalue weighted by atomic mass is 16.6. The number of hydrogen-bond acceptors (Lipinski definition) is 4. The predicted molar refractivity (Wildman–Crippen MR) is 84.3 cm³/mol. The summed E-state index contributed by atoms with van der Waals surface area (Å²) in [6.07, 6.45) is 2.34. The first-order chi connectivity index (χ1) is 10.2. The molecule has 2 aliphatic rings. The second-order valence-electron chi connectivity index (χ2n) is 6.34. The highest BCUT2D eigenvalue weighted by Crippen LogP contribution is 2.30. The summed E-state index contributed by atoms with van der Waals surface area (Å²) >= 11 is 0. The lowest BCUT2D eigenvalue weighted by Gasteiger charge is -2.20. The van der Waals surface area contributed by atoms with Crippen molar-refractivity contribution in [2.24, 2.45) is 0 Å². The molecule has 0 amide bonds. The van der Waals surface area contributed by atoms with E-state index in [4.69, 9.17) is 9.47 Å². The molecule has 2 heterocycles. The standard InChI is InChI=1S/C17H26N2O2/c1-13(2)18-15-6-8-19(12-15)7-5-14-3-4-16-17(11-14)21-10-9-20-16/h3-4,11,13,15,18H,5-10,12H2,1-2H3. The summed E-state index contributed by atoms with van der Waals surface area (Å²) in [6, 6.07) is 7.57. The van der Waals surface area contributed by atoms with Crippen LogP contribution >= 0.6 is 0 Å². The van der Waals surface area contributed by atoms with Gasteiger partial charge in [0.05, 0.1) is 0 Å². The Labute approximate surface area is 127 Å². The third kappa shape index (κ3) is 3.89. The van der Waals surface area contributed by atoms with Gasteiger partial charge in [-0.2, -0.15) is 0 Å². The molecule has 0 aliphatic carbocycles. The number of nitrogens with one attached hydrogen (secondary N) is 1. The zero-order chi connectivity index (χ0) is 14.7. The highest BCUT2D eigenvalue weighted by Gasteiger charge is 2.22. The molecule has 21 heavy (non-hydrogen) atoms. The van der Waals surface area contributed by atoms with E-state index in [1.165, 1.54) is 25.1 Å². The van der Waals surface area contributed by atoms with Crippen molar-refractivity contribution in [1.82, 2.24) is 10.2 Å². The van der Waals surface area contributed by atoms with Gasteiger partial charge in [-0.3, -0.25) is 0 Å². The maximum atomic E-state index is 5.65. The zero-order valence-electron chi connectivity index (χ0n) is 13.1. The van der Waals surface area contributed by atoms with Gasteiger partial charge in [0.25, 0.3) is 0 Å². The van der Waals surface area contributed by atoms with E-state index in [2.05, 4.69) is 36.2 Å². The van der Waals surface area contributed by atoms with Crippen LogP contribution in [0.1, 0.15) is 25.8 Å². The van der Waals surface area contributed by atoms with Gasteiger partial charge >= 0.3 is 0 Å². The van der Waals surface area contributed by atoms with Crippen LogP contribution in [0.5, 0.6) is 11.5 Å². The third-order valence-electron chi connectivity index (χ3n) is 4.16. The summed E-state index contributed by atoms with van der Waals surface area (Å²) in [5.41, 5.74) is 1.33. The van der Waals surface area contributed by atoms with Crippen molar-refractivity contribution in [2.45, 2.75) is 38.8 Å². The Bertz CT molecular complexity index is 476. The summed E-state index contributed by atoms with van der Waals surface area (Å²) in [5.74, 6) is 1.78. The molecule has 116 valence electrons. The van der Waals surface area contributed by atoms with E-state index in [1.54, 1.807) is 0 Å². The van der Waals surface area contributed by atoms with E-state index in [0.717, 1.165) is 24.5 Å². The smallest absolute Gasteiger partial charge is 0.161 e. The minimum absolute atomic E-state index is 0.577. The fourth-order valence-corrected chi connectivity index (χ4v) is 3.17. The Hall–Kier alpha value is -1.26. The molecule has 4 heteroatoms. The highest BCUT2D eigenvalue weighted by molar-refractivity contribution is 5.43. The van der Waals surface area contributed by atoms with Gasteiger partial charge < -0.3 is 19.7 Å². The van der Waals surface area contributed by atoms with Gasteiger partial charge in [-0.25, -0.2) is 0 Å². The number of likely N-dealkylation sites (tertiary alicyclic amines) is 1. The molecule has 1 saturated heterocycles. The molecule has 1 unspecified atom stereocenters. The van der Waals surface area contributed by atoms with E-state index in [-0.39, 0.29) is 0 Å². The largest absolute Gasteiger partial charge is 0.486 e. The van der Waals surface area contributed by atoms with Gasteiger partial charge in [0.15, 0.2) is 11.5 Å². The van der Waals surface area contributed by atoms with Crippen LogP contribution < -0.4 is 14.8 Å². The maximum Gasteiger partial charge on any atom is 0.161 e. The number of nitrogens with zero attached hydrogens (tertiary/aromatic N) is 1. The molecule has 2 aliphatic heterocycles. The van der Waals surface area contributed by atoms with E-state index < -0.39 is 0 Å². The van der Waals surface area contributed by atoms with Gasteiger partial charge in [-0.15, -0.1) is 0 Å². The summed E-state index contributed by atoms with van der Waals surface area (Å²) in [6.45, 7) is 9.25. The summed E-state index contributed by atoms with van der Waals surface area (Å²) in [5, 5.41) is 3.63. The Morgan fingerprint density at radius 3 is 2.86 bits per heavy atom. The topological polar surface area (TPSA) is 33.7 Å². The van der Waals surface area contributed by atoms with E-state index in [0.29, 0.717) is 25.3 Å². The molecular formula is C17H26N2O2. The van der Waals surface area contributed by atoms with E-state index in [9.17, 15) is 0 Å². The monoisotopic (exact) mass is 290 g/mol. The van der Waals surface area contributed by atoms with Crippen LogP contribution in [0, 0.1) is 0 Å². The van der Waals surface area contributed by atoms with Crippen molar-refractivity contribution in [1.29, 1.82) is 0 Å². The summed E-state index contributed by atoms with van der Waals surface area (Å²) in [4.78, 5) is 2.55. The van der Waals surface area contributed by atoms with Crippen molar-refractivity contribution in [3.63, 3.8) is 0 Å². The third-order valence-corrected chi connectivity index (χ3v) is 4.16. The second kappa shape index (κ2) is 6.67. The van der Waals surface area contributed by atoms with Crippen molar-refractivity contribution in [3.05, 3.63) is 23.8 Å². The molecule has 1 N–H and O–H groups in total. The molecule has 1 aromatic rings. The molecular weight excluding hydrogens is 264 g/mol. The maximum absolute atomic E-state index is 5.65. The number of rotatable bonds is 5. The lowest BCUT2D eigenvalue weighted by Crippen LogP contribution is -2.37. The summed E-state index contributed by atoms with van der Waals surface area (Å²) in [7, 11) is 0. The van der Waals surface area contributed by atoms with Crippen LogP contribution in [0.4, 0.5) is 0 Å². The molecule has 0 bridgehead atoms. The van der Waals surface area contributed by atoms with Gasteiger partial charge in [0.1, 0.15) is 13.2 Å². The molecule has 0 aromatic heterocycles. The average molecular weight is 290 g/mol. The molecule has 1 fully saturated rings. The molecule has 3 rings (SSSR count). The van der Waals surface area contributed by atoms with Crippen molar-refractivity contribution >= 4 is 0 Å². The van der Waals surface area contributed by atoms with Crippen LogP contribution in [0.3, 0.4) is 0 Å². The fourth-order valence-electron chi connectivity index (χ4n) is 3.17. The van der Waals surface area contributed by atoms with Crippen LogP contribution in [0.25, 0.3) is 0 Å². The van der Waals surface area contributed by atoms with Crippen LogP contribution in [-0.4, -0.2) is 49.8 Å². The molecule has 1 atom stereocenters. The van der Waals surface area contributed by atoms with Crippen LogP contribution in [-0.2, 0) is 6.42 Å². The number of benzene rings is 1. The fraction of sp³-hybridized carbons (Fsp3) is 0.647. The van der Waals surface area contributed by atoms with Crippen LogP contribution in [0.15, 0.2) is 18.2 Å². The Morgan fingerprint density at radius 2 is 2.05 bits per heavy atom. The first-order valence-corrected chi connectivity index (χ1v) is 8.07. The first kappa shape index (κ1) is 14.7. The normalized spacial score (nSPS) is 22.0. The van der Waals surface area contributed by atoms with E-state index in [1.807, 2.05) is 6.07 Å². The van der Waals surface area contributed by atoms with Gasteiger partial charge in [0.2, 0.25) is 0 Å². The zero-order valence-corrected chi connectivity index (χ0v) is 13.1. The quantitative estimate of drug-likeness (QED) is 0.900. The van der Waals surface area contributed by atoms with Crippen LogP contribution in [0.2, 0.25) is 0 Å². The lowest BCUT2D eigenvalue weighted by atomic mass is 10.1. The van der Waals surface area contributed by atoms with E-state index >= 15 is 0 Å². The van der Waals surface area contributed by atoms with Crippen molar-refractivity contribution < 1.29 is 9.47 Å². The van der Waals surface area contributed by atoms with Gasteiger partial charge in [0, 0.05) is 25.2 Å². The average Bonchev–Trinajstić information content (AvgIpc) is 2.91. The van der Waals surface area contributed by atoms with Crippen molar-refractivity contribution in [3.8, 4) is 11.5 Å². The lowest BCUT2D eigenvalue weighted by molar-refractivity contribution is 0.171. The minimum atomic E-state index is 0.577. The molecule has 0 spiro atoms. The molecule has 4 nitrogen and oxygen atoms in total. The Balaban J connectivity index is 1.49. The molecule has 0 radical (unpaired) electrons. The van der Waals surface area contributed by atoms with Gasteiger partial charge in [-0.05, 0) is 37.1 Å². The molecule has 1 aromatic carbocycles. The van der Waals surface area contributed by atoms with Crippen molar-refractivity contribution in [2.75, 3.05) is 32.8 Å². The molecule has 0 saturated carbocycles. The number of fused-ring (bicyclic) bond motifs is 1.